The number of carbonyl (C=O) groups excluding carboxylic acids is 1. The Balaban J connectivity index is 1.91. The Bertz CT molecular complexity index is 669. The van der Waals surface area contributed by atoms with Crippen molar-refractivity contribution in [3.63, 3.8) is 0 Å². The molecule has 1 aliphatic heterocycles. The minimum Gasteiger partial charge on any atom is -0.370 e. The van der Waals surface area contributed by atoms with Crippen molar-refractivity contribution in [3.8, 4) is 0 Å². The topological polar surface area (TPSA) is 41.1 Å². The highest BCUT2D eigenvalue weighted by Crippen LogP contribution is 2.34. The van der Waals surface area contributed by atoms with Crippen LogP contribution in [0.4, 0.5) is 11.4 Å². The average molecular weight is 284 g/mol. The maximum absolute atomic E-state index is 12.1. The van der Waals surface area contributed by atoms with Crippen LogP contribution >= 0.6 is 11.8 Å². The molecule has 1 heterocycles. The summed E-state index contributed by atoms with van der Waals surface area (Å²) < 4.78 is 0. The van der Waals surface area contributed by atoms with E-state index in [0.717, 1.165) is 22.5 Å². The molecular formula is C16H16N2OS. The van der Waals surface area contributed by atoms with Crippen molar-refractivity contribution in [3.05, 3.63) is 53.6 Å². The highest BCUT2D eigenvalue weighted by Gasteiger charge is 2.30. The third-order valence-electron chi connectivity index (χ3n) is 3.42. The summed E-state index contributed by atoms with van der Waals surface area (Å²) >= 11 is 1.69. The molecule has 1 unspecified atom stereocenters. The lowest BCUT2D eigenvalue weighted by molar-refractivity contribution is -0.116. The quantitative estimate of drug-likeness (QED) is 0.842. The van der Waals surface area contributed by atoms with Crippen LogP contribution in [0.15, 0.2) is 47.4 Å². The van der Waals surface area contributed by atoms with Gasteiger partial charge in [0.1, 0.15) is 6.04 Å². The number of anilines is 2. The van der Waals surface area contributed by atoms with Gasteiger partial charge in [-0.15, -0.1) is 11.8 Å². The Labute approximate surface area is 122 Å². The molecule has 0 fully saturated rings. The number of amides is 1. The molecule has 0 aromatic heterocycles. The lowest BCUT2D eigenvalue weighted by Crippen LogP contribution is -2.19. The fraction of sp³-hybridized carbons (Fsp3) is 0.188. The van der Waals surface area contributed by atoms with E-state index in [1.54, 1.807) is 11.8 Å². The summed E-state index contributed by atoms with van der Waals surface area (Å²) in [5.41, 5.74) is 4.04. The van der Waals surface area contributed by atoms with Gasteiger partial charge in [0.05, 0.1) is 0 Å². The van der Waals surface area contributed by atoms with Crippen LogP contribution in [0.1, 0.15) is 17.2 Å². The minimum absolute atomic E-state index is 0.000143. The van der Waals surface area contributed by atoms with Crippen molar-refractivity contribution < 1.29 is 4.79 Å². The second kappa shape index (κ2) is 5.21. The number of hydrogen-bond acceptors (Lipinski definition) is 3. The van der Waals surface area contributed by atoms with Gasteiger partial charge in [-0.3, -0.25) is 4.79 Å². The summed E-state index contributed by atoms with van der Waals surface area (Å²) in [6.07, 6.45) is 2.04. The van der Waals surface area contributed by atoms with E-state index in [-0.39, 0.29) is 11.9 Å². The molecule has 0 saturated heterocycles. The Hall–Kier alpha value is -1.94. The highest BCUT2D eigenvalue weighted by molar-refractivity contribution is 7.98. The molecule has 0 radical (unpaired) electrons. The molecule has 20 heavy (non-hydrogen) atoms. The molecule has 102 valence electrons. The van der Waals surface area contributed by atoms with Gasteiger partial charge in [0, 0.05) is 21.8 Å². The maximum atomic E-state index is 12.1. The van der Waals surface area contributed by atoms with Gasteiger partial charge in [0.15, 0.2) is 0 Å². The van der Waals surface area contributed by atoms with Crippen molar-refractivity contribution in [1.29, 1.82) is 0 Å². The van der Waals surface area contributed by atoms with Gasteiger partial charge in [0.25, 0.3) is 5.91 Å². The van der Waals surface area contributed by atoms with E-state index < -0.39 is 0 Å². The standard InChI is InChI=1S/C16H16N2OS/c1-10-6-7-14-13(8-10)15(16(19)18-14)17-11-4-3-5-12(9-11)20-2/h3-9,15,17H,1-2H3,(H,18,19). The normalized spacial score (nSPS) is 16.7. The van der Waals surface area contributed by atoms with Crippen LogP contribution in [0, 0.1) is 6.92 Å². The van der Waals surface area contributed by atoms with Gasteiger partial charge in [0.2, 0.25) is 0 Å². The molecule has 2 aromatic carbocycles. The maximum Gasteiger partial charge on any atom is 0.251 e. The summed E-state index contributed by atoms with van der Waals surface area (Å²) in [6.45, 7) is 2.04. The summed E-state index contributed by atoms with van der Waals surface area (Å²) in [6, 6.07) is 13.8. The van der Waals surface area contributed by atoms with Crippen molar-refractivity contribution in [2.24, 2.45) is 0 Å². The number of fused-ring (bicyclic) bond motifs is 1. The van der Waals surface area contributed by atoms with Crippen LogP contribution in [0.2, 0.25) is 0 Å². The Morgan fingerprint density at radius 3 is 2.85 bits per heavy atom. The van der Waals surface area contributed by atoms with Crippen LogP contribution in [0.25, 0.3) is 0 Å². The number of rotatable bonds is 3. The second-order valence-corrected chi connectivity index (χ2v) is 5.77. The Morgan fingerprint density at radius 2 is 2.05 bits per heavy atom. The summed E-state index contributed by atoms with van der Waals surface area (Å²) in [5.74, 6) is 0.000143. The molecule has 2 N–H and O–H groups in total. The number of carbonyl (C=O) groups is 1. The first-order valence-corrected chi connectivity index (χ1v) is 7.72. The molecule has 0 spiro atoms. The number of hydrogen-bond donors (Lipinski definition) is 2. The minimum atomic E-state index is -0.318. The molecule has 1 atom stereocenters. The van der Waals surface area contributed by atoms with E-state index in [0.29, 0.717) is 0 Å². The predicted molar refractivity (Wildman–Crippen MR) is 84.4 cm³/mol. The number of thioether (sulfide) groups is 1. The number of nitrogens with one attached hydrogen (secondary N) is 2. The van der Waals surface area contributed by atoms with E-state index in [2.05, 4.69) is 28.8 Å². The zero-order chi connectivity index (χ0) is 14.1. The van der Waals surface area contributed by atoms with Gasteiger partial charge >= 0.3 is 0 Å². The first-order valence-electron chi connectivity index (χ1n) is 6.49. The fourth-order valence-corrected chi connectivity index (χ4v) is 2.86. The number of benzene rings is 2. The van der Waals surface area contributed by atoms with Crippen molar-refractivity contribution in [2.75, 3.05) is 16.9 Å². The third kappa shape index (κ3) is 2.39. The van der Waals surface area contributed by atoms with Gasteiger partial charge in [-0.05, 0) is 37.4 Å². The van der Waals surface area contributed by atoms with Crippen LogP contribution in [-0.2, 0) is 4.79 Å². The zero-order valence-electron chi connectivity index (χ0n) is 11.4. The molecule has 3 rings (SSSR count). The van der Waals surface area contributed by atoms with Gasteiger partial charge in [-0.25, -0.2) is 0 Å². The van der Waals surface area contributed by atoms with Gasteiger partial charge in [-0.2, -0.15) is 0 Å². The molecule has 4 heteroatoms. The van der Waals surface area contributed by atoms with Crippen LogP contribution in [0.5, 0.6) is 0 Å². The molecular weight excluding hydrogens is 268 g/mol. The lowest BCUT2D eigenvalue weighted by atomic mass is 10.1. The Morgan fingerprint density at radius 1 is 1.20 bits per heavy atom. The van der Waals surface area contributed by atoms with Crippen molar-refractivity contribution in [1.82, 2.24) is 0 Å². The monoisotopic (exact) mass is 284 g/mol. The largest absolute Gasteiger partial charge is 0.370 e. The van der Waals surface area contributed by atoms with Crippen molar-refractivity contribution >= 4 is 29.0 Å². The van der Waals surface area contributed by atoms with Crippen LogP contribution in [-0.4, -0.2) is 12.2 Å². The molecule has 0 bridgehead atoms. The molecule has 0 aliphatic carbocycles. The number of aryl methyl sites for hydroxylation is 1. The highest BCUT2D eigenvalue weighted by atomic mass is 32.2. The van der Waals surface area contributed by atoms with E-state index in [4.69, 9.17) is 0 Å². The molecule has 1 aliphatic rings. The SMILES string of the molecule is CSc1cccc(NC2C(=O)Nc3ccc(C)cc32)c1. The van der Waals surface area contributed by atoms with Crippen LogP contribution in [0.3, 0.4) is 0 Å². The second-order valence-electron chi connectivity index (χ2n) is 4.89. The summed E-state index contributed by atoms with van der Waals surface area (Å²) in [7, 11) is 0. The van der Waals surface area contributed by atoms with Gasteiger partial charge < -0.3 is 10.6 Å². The summed E-state index contributed by atoms with van der Waals surface area (Å²) in [5, 5.41) is 6.24. The van der Waals surface area contributed by atoms with E-state index in [9.17, 15) is 4.79 Å². The molecule has 0 saturated carbocycles. The van der Waals surface area contributed by atoms with Gasteiger partial charge in [-0.1, -0.05) is 23.8 Å². The third-order valence-corrected chi connectivity index (χ3v) is 4.14. The van der Waals surface area contributed by atoms with Crippen molar-refractivity contribution in [2.45, 2.75) is 17.9 Å². The Kier molecular flexibility index (Phi) is 3.40. The molecule has 1 amide bonds. The fourth-order valence-electron chi connectivity index (χ4n) is 2.40. The predicted octanol–water partition coefficient (Wildman–Crippen LogP) is 3.82. The smallest absolute Gasteiger partial charge is 0.251 e. The zero-order valence-corrected chi connectivity index (χ0v) is 12.3. The van der Waals surface area contributed by atoms with E-state index in [1.165, 1.54) is 4.90 Å². The average Bonchev–Trinajstić information content (AvgIpc) is 2.75. The first kappa shape index (κ1) is 13.1. The van der Waals surface area contributed by atoms with E-state index in [1.807, 2.05) is 37.4 Å². The molecule has 3 nitrogen and oxygen atoms in total. The van der Waals surface area contributed by atoms with E-state index >= 15 is 0 Å². The van der Waals surface area contributed by atoms with Crippen LogP contribution < -0.4 is 10.6 Å². The first-order chi connectivity index (χ1) is 9.67. The lowest BCUT2D eigenvalue weighted by Gasteiger charge is -2.14. The molecule has 2 aromatic rings. The summed E-state index contributed by atoms with van der Waals surface area (Å²) in [4.78, 5) is 13.3.